The van der Waals surface area contributed by atoms with Gasteiger partial charge in [-0.15, -0.1) is 0 Å². The molecule has 0 bridgehead atoms. The fraction of sp³-hybridized carbons (Fsp3) is 0.231. The third-order valence-corrected chi connectivity index (χ3v) is 2.48. The second kappa shape index (κ2) is 3.21. The van der Waals surface area contributed by atoms with Gasteiger partial charge >= 0.3 is 0 Å². The SMILES string of the molecule is CC1=CC(C)C=Cc2ccccc21. The molecule has 0 heteroatoms. The Morgan fingerprint density at radius 1 is 1.15 bits per heavy atom. The summed E-state index contributed by atoms with van der Waals surface area (Å²) in [6.45, 7) is 4.40. The lowest BCUT2D eigenvalue weighted by Crippen LogP contribution is -1.84. The Morgan fingerprint density at radius 2 is 1.92 bits per heavy atom. The Kier molecular flexibility index (Phi) is 2.05. The molecule has 0 aliphatic heterocycles. The van der Waals surface area contributed by atoms with Crippen LogP contribution in [0.2, 0.25) is 0 Å². The molecule has 1 aromatic carbocycles. The summed E-state index contributed by atoms with van der Waals surface area (Å²) >= 11 is 0. The molecule has 0 saturated heterocycles. The van der Waals surface area contributed by atoms with Crippen molar-refractivity contribution in [3.05, 3.63) is 47.5 Å². The van der Waals surface area contributed by atoms with Crippen LogP contribution in [0.15, 0.2) is 36.4 Å². The Balaban J connectivity index is 2.59. The van der Waals surface area contributed by atoms with Crippen LogP contribution in [0, 0.1) is 5.92 Å². The van der Waals surface area contributed by atoms with Crippen LogP contribution in [0.3, 0.4) is 0 Å². The average molecular weight is 170 g/mol. The first-order chi connectivity index (χ1) is 6.27. The van der Waals surface area contributed by atoms with Crippen molar-refractivity contribution in [1.29, 1.82) is 0 Å². The molecule has 13 heavy (non-hydrogen) atoms. The third kappa shape index (κ3) is 1.57. The first-order valence-corrected chi connectivity index (χ1v) is 4.73. The summed E-state index contributed by atoms with van der Waals surface area (Å²) in [5, 5.41) is 0. The van der Waals surface area contributed by atoms with Crippen LogP contribution in [0.1, 0.15) is 25.0 Å². The van der Waals surface area contributed by atoms with E-state index in [9.17, 15) is 0 Å². The first-order valence-electron chi connectivity index (χ1n) is 4.73. The average Bonchev–Trinajstić information content (AvgIpc) is 2.27. The number of rotatable bonds is 0. The molecule has 0 saturated carbocycles. The molecule has 66 valence electrons. The number of benzene rings is 1. The molecule has 0 radical (unpaired) electrons. The van der Waals surface area contributed by atoms with E-state index in [2.05, 4.69) is 56.3 Å². The molecule has 1 aliphatic carbocycles. The van der Waals surface area contributed by atoms with Crippen LogP contribution in [-0.2, 0) is 0 Å². The zero-order chi connectivity index (χ0) is 9.26. The normalized spacial score (nSPS) is 20.5. The van der Waals surface area contributed by atoms with Crippen molar-refractivity contribution < 1.29 is 0 Å². The van der Waals surface area contributed by atoms with Crippen molar-refractivity contribution in [2.24, 2.45) is 5.92 Å². The van der Waals surface area contributed by atoms with E-state index in [0.717, 1.165) is 0 Å². The van der Waals surface area contributed by atoms with Crippen LogP contribution in [0.25, 0.3) is 11.6 Å². The van der Waals surface area contributed by atoms with Gasteiger partial charge in [-0.3, -0.25) is 0 Å². The molecular formula is C13H14. The highest BCUT2D eigenvalue weighted by Crippen LogP contribution is 2.25. The van der Waals surface area contributed by atoms with Gasteiger partial charge < -0.3 is 0 Å². The first kappa shape index (κ1) is 8.31. The molecule has 0 aromatic heterocycles. The van der Waals surface area contributed by atoms with E-state index in [4.69, 9.17) is 0 Å². The zero-order valence-corrected chi connectivity index (χ0v) is 8.12. The van der Waals surface area contributed by atoms with E-state index in [0.29, 0.717) is 5.92 Å². The highest BCUT2D eigenvalue weighted by atomic mass is 14.1. The second-order valence-corrected chi connectivity index (χ2v) is 3.66. The molecule has 1 aromatic rings. The van der Waals surface area contributed by atoms with Crippen LogP contribution in [0.5, 0.6) is 0 Å². The summed E-state index contributed by atoms with van der Waals surface area (Å²) < 4.78 is 0. The maximum atomic E-state index is 2.31. The summed E-state index contributed by atoms with van der Waals surface area (Å²) in [5.74, 6) is 0.549. The van der Waals surface area contributed by atoms with Gasteiger partial charge in [-0.05, 0) is 29.5 Å². The number of allylic oxidation sites excluding steroid dienone is 3. The summed E-state index contributed by atoms with van der Waals surface area (Å²) in [4.78, 5) is 0. The molecule has 1 atom stereocenters. The molecule has 0 fully saturated rings. The molecular weight excluding hydrogens is 156 g/mol. The Bertz CT molecular complexity index is 369. The van der Waals surface area contributed by atoms with E-state index in [1.165, 1.54) is 16.7 Å². The molecule has 1 unspecified atom stereocenters. The smallest absolute Gasteiger partial charge is 0.00726 e. The number of fused-ring (bicyclic) bond motifs is 1. The van der Waals surface area contributed by atoms with E-state index >= 15 is 0 Å². The van der Waals surface area contributed by atoms with Crippen LogP contribution in [0.4, 0.5) is 0 Å². The fourth-order valence-corrected chi connectivity index (χ4v) is 1.80. The molecule has 0 heterocycles. The maximum absolute atomic E-state index is 2.31. The van der Waals surface area contributed by atoms with Crippen molar-refractivity contribution in [2.75, 3.05) is 0 Å². The van der Waals surface area contributed by atoms with Crippen LogP contribution >= 0.6 is 0 Å². The quantitative estimate of drug-likeness (QED) is 0.556. The van der Waals surface area contributed by atoms with Gasteiger partial charge in [-0.2, -0.15) is 0 Å². The fourth-order valence-electron chi connectivity index (χ4n) is 1.80. The lowest BCUT2D eigenvalue weighted by Gasteiger charge is -2.04. The summed E-state index contributed by atoms with van der Waals surface area (Å²) in [7, 11) is 0. The predicted molar refractivity (Wildman–Crippen MR) is 58.3 cm³/mol. The van der Waals surface area contributed by atoms with E-state index in [1.54, 1.807) is 0 Å². The van der Waals surface area contributed by atoms with E-state index in [-0.39, 0.29) is 0 Å². The van der Waals surface area contributed by atoms with Crippen LogP contribution in [-0.4, -0.2) is 0 Å². The van der Waals surface area contributed by atoms with Crippen molar-refractivity contribution in [3.8, 4) is 0 Å². The Hall–Kier alpha value is -1.30. The lowest BCUT2D eigenvalue weighted by molar-refractivity contribution is 0.949. The molecule has 0 nitrogen and oxygen atoms in total. The van der Waals surface area contributed by atoms with Gasteiger partial charge in [0.15, 0.2) is 0 Å². The topological polar surface area (TPSA) is 0 Å². The molecule has 0 N–H and O–H groups in total. The van der Waals surface area contributed by atoms with Gasteiger partial charge in [0.05, 0.1) is 0 Å². The Labute approximate surface area is 79.6 Å². The minimum absolute atomic E-state index is 0.549. The minimum Gasteiger partial charge on any atom is -0.0773 e. The lowest BCUT2D eigenvalue weighted by atomic mass is 10.0. The number of hydrogen-bond acceptors (Lipinski definition) is 0. The van der Waals surface area contributed by atoms with Crippen molar-refractivity contribution in [3.63, 3.8) is 0 Å². The third-order valence-electron chi connectivity index (χ3n) is 2.48. The van der Waals surface area contributed by atoms with Gasteiger partial charge in [0, 0.05) is 0 Å². The van der Waals surface area contributed by atoms with Crippen LogP contribution < -0.4 is 0 Å². The van der Waals surface area contributed by atoms with Gasteiger partial charge in [-0.25, -0.2) is 0 Å². The zero-order valence-electron chi connectivity index (χ0n) is 8.12. The Morgan fingerprint density at radius 3 is 2.77 bits per heavy atom. The summed E-state index contributed by atoms with van der Waals surface area (Å²) in [6.07, 6.45) is 6.77. The minimum atomic E-state index is 0.549. The van der Waals surface area contributed by atoms with Gasteiger partial charge in [0.2, 0.25) is 0 Å². The molecule has 0 spiro atoms. The maximum Gasteiger partial charge on any atom is -0.00726 e. The van der Waals surface area contributed by atoms with E-state index in [1.807, 2.05) is 0 Å². The van der Waals surface area contributed by atoms with Gasteiger partial charge in [-0.1, -0.05) is 49.4 Å². The van der Waals surface area contributed by atoms with Gasteiger partial charge in [0.25, 0.3) is 0 Å². The monoisotopic (exact) mass is 170 g/mol. The standard InChI is InChI=1S/C13H14/c1-10-7-8-12-5-3-4-6-13(12)11(2)9-10/h3-10H,1-2H3. The second-order valence-electron chi connectivity index (χ2n) is 3.66. The highest BCUT2D eigenvalue weighted by Gasteiger charge is 2.05. The van der Waals surface area contributed by atoms with Crippen molar-refractivity contribution >= 4 is 11.6 Å². The highest BCUT2D eigenvalue weighted by molar-refractivity contribution is 5.75. The van der Waals surface area contributed by atoms with Gasteiger partial charge in [0.1, 0.15) is 0 Å². The predicted octanol–water partition coefficient (Wildman–Crippen LogP) is 3.75. The molecule has 0 amide bonds. The molecule has 2 rings (SSSR count). The molecule has 1 aliphatic rings. The number of hydrogen-bond donors (Lipinski definition) is 0. The summed E-state index contributed by atoms with van der Waals surface area (Å²) in [6, 6.07) is 8.54. The largest absolute Gasteiger partial charge is 0.0773 e. The van der Waals surface area contributed by atoms with Crippen molar-refractivity contribution in [1.82, 2.24) is 0 Å². The van der Waals surface area contributed by atoms with Crippen molar-refractivity contribution in [2.45, 2.75) is 13.8 Å². The van der Waals surface area contributed by atoms with E-state index < -0.39 is 0 Å². The summed E-state index contributed by atoms with van der Waals surface area (Å²) in [5.41, 5.74) is 4.08.